The van der Waals surface area contributed by atoms with Gasteiger partial charge in [-0.15, -0.1) is 0 Å². The highest BCUT2D eigenvalue weighted by Gasteiger charge is 2.43. The quantitative estimate of drug-likeness (QED) is 0.0740. The molecule has 0 radical (unpaired) electrons. The minimum Gasteiger partial charge on any atom is -0.388 e. The number of aldehydes is 1. The van der Waals surface area contributed by atoms with Crippen LogP contribution in [0, 0.1) is 0 Å². The lowest BCUT2D eigenvalue weighted by Gasteiger charge is -2.38. The Morgan fingerprint density at radius 3 is 1.50 bits per heavy atom. The summed E-state index contributed by atoms with van der Waals surface area (Å²) in [5.74, 6) is -1.00. The van der Waals surface area contributed by atoms with E-state index in [0.29, 0.717) is 6.29 Å². The van der Waals surface area contributed by atoms with Crippen molar-refractivity contribution in [2.45, 2.75) is 75.3 Å². The number of rotatable bonds is 14. The minimum absolute atomic E-state index is 0.0103. The van der Waals surface area contributed by atoms with Crippen LogP contribution in [0.25, 0.3) is 0 Å². The van der Waals surface area contributed by atoms with E-state index >= 15 is 0 Å². The molecular weight excluding hydrogens is 514 g/mol. The van der Waals surface area contributed by atoms with Gasteiger partial charge in [0.15, 0.2) is 12.6 Å². The van der Waals surface area contributed by atoms with E-state index in [9.17, 15) is 45.0 Å². The Hall–Kier alpha value is -1.83. The second-order valence-electron chi connectivity index (χ2n) is 9.14. The summed E-state index contributed by atoms with van der Waals surface area (Å²) in [4.78, 5) is 36.7. The Morgan fingerprint density at radius 1 is 0.737 bits per heavy atom. The van der Waals surface area contributed by atoms with Gasteiger partial charge in [0.05, 0.1) is 45.1 Å². The largest absolute Gasteiger partial charge is 0.388 e. The molecule has 220 valence electrons. The van der Waals surface area contributed by atoms with Crippen molar-refractivity contribution in [2.75, 3.05) is 45.9 Å². The summed E-state index contributed by atoms with van der Waals surface area (Å²) in [7, 11) is 0. The second-order valence-corrected chi connectivity index (χ2v) is 9.14. The number of nitrogens with one attached hydrogen (secondary N) is 2. The molecule has 0 aliphatic carbocycles. The molecule has 0 aromatic carbocycles. The Bertz CT molecular complexity index is 706. The molecule has 0 saturated carbocycles. The second kappa shape index (κ2) is 15.7. The molecule has 16 heteroatoms. The molecule has 2 heterocycles. The fourth-order valence-corrected chi connectivity index (χ4v) is 3.84. The molecular formula is C22H39N3O13. The van der Waals surface area contributed by atoms with Crippen LogP contribution in [0.15, 0.2) is 0 Å². The molecule has 2 fully saturated rings. The van der Waals surface area contributed by atoms with Crippen LogP contribution in [0.4, 0.5) is 0 Å². The molecule has 38 heavy (non-hydrogen) atoms. The van der Waals surface area contributed by atoms with E-state index in [4.69, 9.17) is 18.9 Å². The molecule has 0 aromatic heterocycles. The van der Waals surface area contributed by atoms with Crippen molar-refractivity contribution in [3.05, 3.63) is 0 Å². The average Bonchev–Trinajstić information content (AvgIpc) is 2.87. The van der Waals surface area contributed by atoms with Crippen molar-refractivity contribution in [1.82, 2.24) is 15.5 Å². The van der Waals surface area contributed by atoms with Crippen molar-refractivity contribution >= 4 is 18.1 Å². The van der Waals surface area contributed by atoms with E-state index in [2.05, 4.69) is 10.6 Å². The molecule has 2 amide bonds. The number of carbonyl (C=O) groups excluding carboxylic acids is 3. The molecule has 0 bridgehead atoms. The summed E-state index contributed by atoms with van der Waals surface area (Å²) in [6.45, 7) is 2.16. The maximum absolute atomic E-state index is 12.2. The van der Waals surface area contributed by atoms with E-state index in [-0.39, 0.29) is 45.9 Å². The SMILES string of the molecule is C[C@@H]1O[C@@H](OCCNC(=O)CN(CC=O)CC(=O)NCCO[C@@H]2O[C@@H](C)[C@@H](O)[C@@H](O)[C@@H]2O)[C@@H](O)[C@H](O)[C@@H]1O. The number of hydrogen-bond donors (Lipinski definition) is 8. The van der Waals surface area contributed by atoms with Gasteiger partial charge in [-0.05, 0) is 13.8 Å². The van der Waals surface area contributed by atoms with Crippen molar-refractivity contribution in [3.63, 3.8) is 0 Å². The highest BCUT2D eigenvalue weighted by Crippen LogP contribution is 2.22. The van der Waals surface area contributed by atoms with Crippen LogP contribution in [0.5, 0.6) is 0 Å². The monoisotopic (exact) mass is 553 g/mol. The average molecular weight is 554 g/mol. The molecule has 2 rings (SSSR count). The Kier molecular flexibility index (Phi) is 13.4. The van der Waals surface area contributed by atoms with Gasteiger partial charge in [-0.1, -0.05) is 0 Å². The first-order valence-corrected chi connectivity index (χ1v) is 12.3. The number of carbonyl (C=O) groups is 3. The maximum atomic E-state index is 12.2. The van der Waals surface area contributed by atoms with Gasteiger partial charge >= 0.3 is 0 Å². The molecule has 2 aliphatic heterocycles. The molecule has 0 aromatic rings. The fraction of sp³-hybridized carbons (Fsp3) is 0.864. The fourth-order valence-electron chi connectivity index (χ4n) is 3.84. The van der Waals surface area contributed by atoms with Gasteiger partial charge in [0.2, 0.25) is 11.8 Å². The van der Waals surface area contributed by atoms with E-state index in [1.54, 1.807) is 0 Å². The highest BCUT2D eigenvalue weighted by atomic mass is 16.7. The first kappa shape index (κ1) is 32.4. The van der Waals surface area contributed by atoms with E-state index in [0.717, 1.165) is 0 Å². The van der Waals surface area contributed by atoms with Crippen LogP contribution >= 0.6 is 0 Å². The van der Waals surface area contributed by atoms with Crippen LogP contribution in [0.2, 0.25) is 0 Å². The first-order valence-electron chi connectivity index (χ1n) is 12.3. The highest BCUT2D eigenvalue weighted by molar-refractivity contribution is 5.81. The molecule has 0 spiro atoms. The molecule has 10 atom stereocenters. The maximum Gasteiger partial charge on any atom is 0.234 e. The predicted molar refractivity (Wildman–Crippen MR) is 125 cm³/mol. The number of aliphatic hydroxyl groups excluding tert-OH is 6. The zero-order valence-corrected chi connectivity index (χ0v) is 21.3. The zero-order valence-electron chi connectivity index (χ0n) is 21.3. The Labute approximate surface area is 219 Å². The zero-order chi connectivity index (χ0) is 28.4. The molecule has 2 aliphatic rings. The number of amides is 2. The van der Waals surface area contributed by atoms with Crippen molar-refractivity contribution in [2.24, 2.45) is 0 Å². The number of nitrogens with zero attached hydrogens (tertiary/aromatic N) is 1. The van der Waals surface area contributed by atoms with Crippen molar-refractivity contribution < 1.29 is 64.0 Å². The van der Waals surface area contributed by atoms with Crippen molar-refractivity contribution in [1.29, 1.82) is 0 Å². The van der Waals surface area contributed by atoms with Gasteiger partial charge in [0, 0.05) is 13.1 Å². The summed E-state index contributed by atoms with van der Waals surface area (Å²) in [6.07, 6.45) is -11.7. The third-order valence-electron chi connectivity index (χ3n) is 6.10. The first-order chi connectivity index (χ1) is 18.0. The van der Waals surface area contributed by atoms with Crippen LogP contribution in [-0.2, 0) is 33.3 Å². The number of aliphatic hydroxyl groups is 6. The lowest BCUT2D eigenvalue weighted by Crippen LogP contribution is -2.57. The summed E-state index contributed by atoms with van der Waals surface area (Å²) in [5, 5.41) is 63.8. The summed E-state index contributed by atoms with van der Waals surface area (Å²) in [6, 6.07) is 0. The van der Waals surface area contributed by atoms with Crippen LogP contribution in [0.3, 0.4) is 0 Å². The smallest absolute Gasteiger partial charge is 0.234 e. The number of hydrogen-bond acceptors (Lipinski definition) is 14. The topological polar surface area (TPSA) is 237 Å². The van der Waals surface area contributed by atoms with E-state index in [1.165, 1.54) is 18.7 Å². The van der Waals surface area contributed by atoms with E-state index in [1.807, 2.05) is 0 Å². The predicted octanol–water partition coefficient (Wildman–Crippen LogP) is -5.59. The summed E-state index contributed by atoms with van der Waals surface area (Å²) < 4.78 is 21.2. The van der Waals surface area contributed by atoms with Gasteiger partial charge in [0.1, 0.15) is 42.9 Å². The number of ether oxygens (including phenoxy) is 4. The molecule has 0 unspecified atom stereocenters. The van der Waals surface area contributed by atoms with Gasteiger partial charge in [0.25, 0.3) is 0 Å². The van der Waals surface area contributed by atoms with Gasteiger partial charge in [-0.2, -0.15) is 0 Å². The lowest BCUT2D eigenvalue weighted by molar-refractivity contribution is -0.292. The normalized spacial score (nSPS) is 35.6. The third-order valence-corrected chi connectivity index (χ3v) is 6.10. The van der Waals surface area contributed by atoms with Crippen LogP contribution in [0.1, 0.15) is 13.8 Å². The van der Waals surface area contributed by atoms with E-state index < -0.39 is 73.2 Å². The Morgan fingerprint density at radius 2 is 1.13 bits per heavy atom. The van der Waals surface area contributed by atoms with Crippen LogP contribution < -0.4 is 10.6 Å². The van der Waals surface area contributed by atoms with Crippen molar-refractivity contribution in [3.8, 4) is 0 Å². The molecule has 8 N–H and O–H groups in total. The third kappa shape index (κ3) is 9.42. The summed E-state index contributed by atoms with van der Waals surface area (Å²) in [5.41, 5.74) is 0. The lowest BCUT2D eigenvalue weighted by atomic mass is 10.0. The van der Waals surface area contributed by atoms with Gasteiger partial charge < -0.3 is 65.0 Å². The minimum atomic E-state index is -1.47. The van der Waals surface area contributed by atoms with Gasteiger partial charge in [-0.3, -0.25) is 14.5 Å². The van der Waals surface area contributed by atoms with Gasteiger partial charge in [-0.25, -0.2) is 0 Å². The van der Waals surface area contributed by atoms with Crippen LogP contribution in [-0.4, -0.2) is 161 Å². The standard InChI is InChI=1S/C22H39N3O13/c1-11-15(29)17(31)19(33)21(37-11)35-7-3-23-13(27)9-25(5-6-26)10-14(28)24-4-8-36-22-20(34)18(32)16(30)12(2)38-22/h6,11-12,15-22,29-34H,3-5,7-10H2,1-2H3,(H,23,27)(H,24,28)/t11-,12-,15+,16+,17+,18+,19-,20-,21+,22+/m0/s1. The summed E-state index contributed by atoms with van der Waals surface area (Å²) >= 11 is 0. The molecule has 16 nitrogen and oxygen atoms in total. The Balaban J connectivity index is 1.65. The molecule has 2 saturated heterocycles.